The highest BCUT2D eigenvalue weighted by atomic mass is 79.9. The van der Waals surface area contributed by atoms with E-state index in [1.54, 1.807) is 0 Å². The fraction of sp³-hybridized carbons (Fsp3) is 1.00. The monoisotopic (exact) mass is 442 g/mol. The fourth-order valence-corrected chi connectivity index (χ4v) is 2.40. The zero-order chi connectivity index (χ0) is 9.69. The average molecular weight is 446 g/mol. The molecule has 0 N–H and O–H groups in total. The molecule has 0 spiro atoms. The van der Waals surface area contributed by atoms with Crippen molar-refractivity contribution in [3.8, 4) is 0 Å². The van der Waals surface area contributed by atoms with Crippen molar-refractivity contribution in [3.63, 3.8) is 0 Å². The molecule has 0 amide bonds. The molecule has 4 unspecified atom stereocenters. The quantitative estimate of drug-likeness (QED) is 0.493. The Hall–Kier alpha value is 1.80. The van der Waals surface area contributed by atoms with Crippen LogP contribution in [-0.4, -0.2) is 32.3 Å². The van der Waals surface area contributed by atoms with Gasteiger partial charge < -0.3 is 14.2 Å². The smallest absolute Gasteiger partial charge is 0.181 e. The summed E-state index contributed by atoms with van der Waals surface area (Å²) < 4.78 is 15.2. The number of epoxide rings is 2. The molecule has 76 valence electrons. The minimum atomic E-state index is -0.364. The average Bonchev–Trinajstić information content (AvgIpc) is 2.92. The SMILES string of the molecule is BrC(OC(Br)C1(Br)CO1)C1(Br)CO1. The lowest BCUT2D eigenvalue weighted by Gasteiger charge is -2.19. The van der Waals surface area contributed by atoms with Crippen LogP contribution in [0.25, 0.3) is 0 Å². The molecular weight excluding hydrogens is 440 g/mol. The number of halogens is 4. The molecule has 3 nitrogen and oxygen atoms in total. The Morgan fingerprint density at radius 3 is 1.54 bits per heavy atom. The first-order valence-corrected chi connectivity index (χ1v) is 6.97. The van der Waals surface area contributed by atoms with E-state index in [-0.39, 0.29) is 19.0 Å². The highest BCUT2D eigenvalue weighted by molar-refractivity contribution is 9.13. The van der Waals surface area contributed by atoms with E-state index in [9.17, 15) is 0 Å². The Bertz CT molecular complexity index is 194. The first-order chi connectivity index (χ1) is 5.96. The summed E-state index contributed by atoms with van der Waals surface area (Å²) in [5, 5.41) is -0.383. The van der Waals surface area contributed by atoms with Gasteiger partial charge in [0.1, 0.15) is 0 Å². The van der Waals surface area contributed by atoms with Crippen molar-refractivity contribution in [1.29, 1.82) is 0 Å². The van der Waals surface area contributed by atoms with Crippen molar-refractivity contribution in [3.05, 3.63) is 0 Å². The van der Waals surface area contributed by atoms with E-state index >= 15 is 0 Å². The van der Waals surface area contributed by atoms with Crippen LogP contribution >= 0.6 is 63.7 Å². The van der Waals surface area contributed by atoms with Crippen LogP contribution in [0.1, 0.15) is 0 Å². The molecule has 0 radical (unpaired) electrons. The lowest BCUT2D eigenvalue weighted by Crippen LogP contribution is -2.30. The molecule has 7 heteroatoms. The van der Waals surface area contributed by atoms with Crippen LogP contribution in [0.15, 0.2) is 0 Å². The maximum Gasteiger partial charge on any atom is 0.181 e. The highest BCUT2D eigenvalue weighted by Gasteiger charge is 2.55. The molecule has 0 bridgehead atoms. The highest BCUT2D eigenvalue weighted by Crippen LogP contribution is 2.47. The molecule has 13 heavy (non-hydrogen) atoms. The third-order valence-corrected chi connectivity index (χ3v) is 6.64. The van der Waals surface area contributed by atoms with Crippen molar-refractivity contribution in [2.45, 2.75) is 19.0 Å². The van der Waals surface area contributed by atoms with Gasteiger partial charge in [-0.15, -0.1) is 0 Å². The predicted octanol–water partition coefficient (Wildman–Crippen LogP) is 2.69. The Labute approximate surface area is 109 Å². The summed E-state index contributed by atoms with van der Waals surface area (Å²) in [5.41, 5.74) is 0. The third kappa shape index (κ3) is 2.49. The Kier molecular flexibility index (Phi) is 3.19. The standard InChI is InChI=1S/C6H6Br4O3/c7-3(5(9)1-11-5)13-4(8)6(10)2-12-6/h3-4H,1-2H2. The van der Waals surface area contributed by atoms with Gasteiger partial charge in [0, 0.05) is 0 Å². The first-order valence-electron chi connectivity index (χ1n) is 3.56. The Balaban J connectivity index is 1.83. The topological polar surface area (TPSA) is 34.3 Å². The summed E-state index contributed by atoms with van der Waals surface area (Å²) >= 11 is 13.6. The van der Waals surface area contributed by atoms with E-state index in [2.05, 4.69) is 63.7 Å². The van der Waals surface area contributed by atoms with Gasteiger partial charge in [-0.05, 0) is 31.9 Å². The van der Waals surface area contributed by atoms with Crippen molar-refractivity contribution in [1.82, 2.24) is 0 Å². The maximum atomic E-state index is 5.59. The molecule has 0 aromatic rings. The molecule has 2 aliphatic heterocycles. The van der Waals surface area contributed by atoms with Gasteiger partial charge >= 0.3 is 0 Å². The predicted molar refractivity (Wildman–Crippen MR) is 61.7 cm³/mol. The van der Waals surface area contributed by atoms with E-state index in [0.29, 0.717) is 13.2 Å². The second-order valence-corrected chi connectivity index (χ2v) is 7.27. The van der Waals surface area contributed by atoms with Crippen molar-refractivity contribution in [2.24, 2.45) is 0 Å². The summed E-state index contributed by atoms with van der Waals surface area (Å²) in [4.78, 5) is 0. The van der Waals surface area contributed by atoms with Gasteiger partial charge in [-0.1, -0.05) is 31.9 Å². The first kappa shape index (κ1) is 11.3. The van der Waals surface area contributed by atoms with Crippen LogP contribution in [-0.2, 0) is 14.2 Å². The minimum absolute atomic E-state index is 0.192. The lowest BCUT2D eigenvalue weighted by molar-refractivity contribution is 0.0539. The van der Waals surface area contributed by atoms with Crippen LogP contribution in [0.4, 0.5) is 0 Å². The number of hydrogen-bond donors (Lipinski definition) is 0. The van der Waals surface area contributed by atoms with E-state index in [4.69, 9.17) is 14.2 Å². The number of hydrogen-bond acceptors (Lipinski definition) is 3. The van der Waals surface area contributed by atoms with E-state index in [0.717, 1.165) is 0 Å². The van der Waals surface area contributed by atoms with Gasteiger partial charge in [0.15, 0.2) is 19.0 Å². The lowest BCUT2D eigenvalue weighted by atomic mass is 10.5. The summed E-state index contributed by atoms with van der Waals surface area (Å²) in [5.74, 6) is 0. The van der Waals surface area contributed by atoms with Crippen LogP contribution in [0, 0.1) is 0 Å². The van der Waals surface area contributed by atoms with Crippen LogP contribution in [0.5, 0.6) is 0 Å². The fourth-order valence-electron chi connectivity index (χ4n) is 0.708. The van der Waals surface area contributed by atoms with Gasteiger partial charge in [-0.2, -0.15) is 0 Å². The summed E-state index contributed by atoms with van der Waals surface area (Å²) in [6.07, 6.45) is 0. The third-order valence-electron chi connectivity index (χ3n) is 1.76. The molecule has 0 aliphatic carbocycles. The molecule has 0 saturated carbocycles. The molecule has 2 heterocycles. The molecule has 2 saturated heterocycles. The summed E-state index contributed by atoms with van der Waals surface area (Å²) in [6.45, 7) is 1.30. The second-order valence-electron chi connectivity index (χ2n) is 2.92. The van der Waals surface area contributed by atoms with Crippen molar-refractivity contribution < 1.29 is 14.2 Å². The number of ether oxygens (including phenoxy) is 3. The zero-order valence-electron chi connectivity index (χ0n) is 6.31. The molecule has 2 rings (SSSR count). The molecule has 4 atom stereocenters. The number of alkyl halides is 4. The maximum absolute atomic E-state index is 5.59. The minimum Gasteiger partial charge on any atom is -0.354 e. The molecule has 2 aliphatic rings. The summed E-state index contributed by atoms with van der Waals surface area (Å²) in [6, 6.07) is 0. The largest absolute Gasteiger partial charge is 0.354 e. The Morgan fingerprint density at radius 2 is 1.31 bits per heavy atom. The van der Waals surface area contributed by atoms with Gasteiger partial charge in [0.25, 0.3) is 0 Å². The zero-order valence-corrected chi connectivity index (χ0v) is 12.6. The van der Waals surface area contributed by atoms with Gasteiger partial charge in [0.05, 0.1) is 13.2 Å². The van der Waals surface area contributed by atoms with Crippen LogP contribution < -0.4 is 0 Å². The molecular formula is C6H6Br4O3. The van der Waals surface area contributed by atoms with Crippen molar-refractivity contribution in [2.75, 3.05) is 13.2 Å². The van der Waals surface area contributed by atoms with Gasteiger partial charge in [-0.25, -0.2) is 0 Å². The summed E-state index contributed by atoms with van der Waals surface area (Å²) in [7, 11) is 0. The van der Waals surface area contributed by atoms with E-state index in [1.165, 1.54) is 0 Å². The number of rotatable bonds is 4. The van der Waals surface area contributed by atoms with Crippen LogP contribution in [0.3, 0.4) is 0 Å². The van der Waals surface area contributed by atoms with Crippen LogP contribution in [0.2, 0.25) is 0 Å². The second kappa shape index (κ2) is 3.68. The molecule has 2 fully saturated rings. The van der Waals surface area contributed by atoms with Gasteiger partial charge in [0.2, 0.25) is 0 Å². The molecule has 0 aromatic carbocycles. The van der Waals surface area contributed by atoms with E-state index < -0.39 is 0 Å². The molecule has 0 aromatic heterocycles. The van der Waals surface area contributed by atoms with Crippen molar-refractivity contribution >= 4 is 63.7 Å². The Morgan fingerprint density at radius 1 is 1.00 bits per heavy atom. The normalized spacial score (nSPS) is 47.1. The van der Waals surface area contributed by atoms with E-state index in [1.807, 2.05) is 0 Å². The van der Waals surface area contributed by atoms with Gasteiger partial charge in [-0.3, -0.25) is 0 Å².